The van der Waals surface area contributed by atoms with E-state index in [0.717, 1.165) is 18.4 Å². The molecule has 2 unspecified atom stereocenters. The average molecular weight is 317 g/mol. The minimum Gasteiger partial charge on any atom is -0.326 e. The molecule has 0 amide bonds. The first-order valence-electron chi connectivity index (χ1n) is 6.88. The van der Waals surface area contributed by atoms with Crippen molar-refractivity contribution in [1.82, 2.24) is 4.31 Å². The molecule has 0 spiro atoms. The maximum atomic E-state index is 12.8. The van der Waals surface area contributed by atoms with Gasteiger partial charge in [-0.1, -0.05) is 24.6 Å². The third-order valence-electron chi connectivity index (χ3n) is 4.13. The topological polar surface area (TPSA) is 63.4 Å². The van der Waals surface area contributed by atoms with Gasteiger partial charge in [0.05, 0.1) is 5.02 Å². The Bertz CT molecular complexity index is 589. The quantitative estimate of drug-likeness (QED) is 0.932. The molecule has 0 aliphatic carbocycles. The molecular weight excluding hydrogens is 296 g/mol. The fraction of sp³-hybridized carbons (Fsp3) is 0.571. The first-order chi connectivity index (χ1) is 9.37. The van der Waals surface area contributed by atoms with Crippen LogP contribution in [-0.4, -0.2) is 25.3 Å². The molecule has 1 heterocycles. The Hall–Kier alpha value is -0.620. The highest BCUT2D eigenvalue weighted by Gasteiger charge is 2.35. The second-order valence-corrected chi connectivity index (χ2v) is 7.71. The first-order valence-corrected chi connectivity index (χ1v) is 8.70. The van der Waals surface area contributed by atoms with Crippen molar-refractivity contribution in [3.8, 4) is 0 Å². The van der Waals surface area contributed by atoms with Crippen LogP contribution in [0.4, 0.5) is 0 Å². The average Bonchev–Trinajstić information content (AvgIpc) is 2.41. The highest BCUT2D eigenvalue weighted by Crippen LogP contribution is 2.32. The van der Waals surface area contributed by atoms with Gasteiger partial charge >= 0.3 is 0 Å². The van der Waals surface area contributed by atoms with Crippen molar-refractivity contribution >= 4 is 21.6 Å². The lowest BCUT2D eigenvalue weighted by molar-refractivity contribution is 0.202. The molecule has 1 aliphatic rings. The predicted molar refractivity (Wildman–Crippen MR) is 81.1 cm³/mol. The van der Waals surface area contributed by atoms with Crippen molar-refractivity contribution in [3.05, 3.63) is 28.8 Å². The molecule has 0 bridgehead atoms. The van der Waals surface area contributed by atoms with Crippen LogP contribution in [0.25, 0.3) is 0 Å². The van der Waals surface area contributed by atoms with Crippen LogP contribution in [0, 0.1) is 5.92 Å². The molecule has 1 fully saturated rings. The molecule has 2 rings (SSSR count). The molecule has 1 aliphatic heterocycles. The maximum Gasteiger partial charge on any atom is 0.244 e. The number of hydrogen-bond acceptors (Lipinski definition) is 3. The molecule has 112 valence electrons. The maximum absolute atomic E-state index is 12.8. The molecule has 1 aromatic rings. The van der Waals surface area contributed by atoms with E-state index in [0.29, 0.717) is 19.0 Å². The van der Waals surface area contributed by atoms with Gasteiger partial charge in [-0.2, -0.15) is 4.31 Å². The SMILES string of the molecule is CC1CCCN(S(=O)(=O)c2ccc(CN)cc2Cl)C1C. The van der Waals surface area contributed by atoms with E-state index in [9.17, 15) is 8.42 Å². The number of hydrogen-bond donors (Lipinski definition) is 1. The Labute approximate surface area is 126 Å². The highest BCUT2D eigenvalue weighted by atomic mass is 35.5. The normalized spacial score (nSPS) is 24.8. The van der Waals surface area contributed by atoms with Gasteiger partial charge in [0, 0.05) is 19.1 Å². The summed E-state index contributed by atoms with van der Waals surface area (Å²) in [5.74, 6) is 0.362. The van der Waals surface area contributed by atoms with Crippen LogP contribution >= 0.6 is 11.6 Å². The summed E-state index contributed by atoms with van der Waals surface area (Å²) in [5.41, 5.74) is 6.37. The lowest BCUT2D eigenvalue weighted by atomic mass is 9.94. The Balaban J connectivity index is 2.39. The van der Waals surface area contributed by atoms with Gasteiger partial charge in [0.1, 0.15) is 4.90 Å². The Kier molecular flexibility index (Phi) is 4.74. The van der Waals surface area contributed by atoms with E-state index < -0.39 is 10.0 Å². The smallest absolute Gasteiger partial charge is 0.244 e. The zero-order valence-electron chi connectivity index (χ0n) is 11.8. The third-order valence-corrected chi connectivity index (χ3v) is 6.60. The summed E-state index contributed by atoms with van der Waals surface area (Å²) in [5, 5.41) is 0.248. The van der Waals surface area contributed by atoms with Gasteiger partial charge < -0.3 is 5.73 Å². The van der Waals surface area contributed by atoms with E-state index in [2.05, 4.69) is 6.92 Å². The molecule has 1 aromatic carbocycles. The van der Waals surface area contributed by atoms with E-state index in [1.807, 2.05) is 6.92 Å². The monoisotopic (exact) mass is 316 g/mol. The minimum absolute atomic E-state index is 0.000924. The van der Waals surface area contributed by atoms with Crippen LogP contribution in [0.2, 0.25) is 5.02 Å². The fourth-order valence-corrected chi connectivity index (χ4v) is 4.95. The molecule has 2 N–H and O–H groups in total. The van der Waals surface area contributed by atoms with E-state index in [1.54, 1.807) is 22.5 Å². The molecule has 6 heteroatoms. The van der Waals surface area contributed by atoms with Crippen LogP contribution in [0.1, 0.15) is 32.3 Å². The Morgan fingerprint density at radius 3 is 2.70 bits per heavy atom. The van der Waals surface area contributed by atoms with Gasteiger partial charge in [0.2, 0.25) is 10.0 Å². The standard InChI is InChI=1S/C14H21ClN2O2S/c1-10-4-3-7-17(11(10)2)20(18,19)14-6-5-12(9-16)8-13(14)15/h5-6,8,10-11H,3-4,7,9,16H2,1-2H3. The number of rotatable bonds is 3. The van der Waals surface area contributed by atoms with Gasteiger partial charge in [-0.3, -0.25) is 0 Å². The van der Waals surface area contributed by atoms with E-state index in [1.165, 1.54) is 0 Å². The Morgan fingerprint density at radius 2 is 2.10 bits per heavy atom. The number of halogens is 1. The molecular formula is C14H21ClN2O2S. The summed E-state index contributed by atoms with van der Waals surface area (Å²) in [7, 11) is -3.54. The summed E-state index contributed by atoms with van der Waals surface area (Å²) >= 11 is 6.13. The third kappa shape index (κ3) is 2.86. The number of piperidine rings is 1. The van der Waals surface area contributed by atoms with Gasteiger partial charge in [-0.05, 0) is 43.4 Å². The van der Waals surface area contributed by atoms with Crippen LogP contribution in [0.3, 0.4) is 0 Å². The van der Waals surface area contributed by atoms with Gasteiger partial charge in [-0.15, -0.1) is 0 Å². The summed E-state index contributed by atoms with van der Waals surface area (Å²) in [6, 6.07) is 4.91. The van der Waals surface area contributed by atoms with E-state index in [4.69, 9.17) is 17.3 Å². The Morgan fingerprint density at radius 1 is 1.40 bits per heavy atom. The van der Waals surface area contributed by atoms with Crippen molar-refractivity contribution in [2.45, 2.75) is 44.2 Å². The number of nitrogens with zero attached hydrogens (tertiary/aromatic N) is 1. The lowest BCUT2D eigenvalue weighted by Crippen LogP contribution is -2.45. The van der Waals surface area contributed by atoms with E-state index >= 15 is 0 Å². The van der Waals surface area contributed by atoms with Crippen molar-refractivity contribution in [2.75, 3.05) is 6.54 Å². The zero-order valence-corrected chi connectivity index (χ0v) is 13.4. The van der Waals surface area contributed by atoms with Gasteiger partial charge in [-0.25, -0.2) is 8.42 Å². The van der Waals surface area contributed by atoms with Gasteiger partial charge in [0.25, 0.3) is 0 Å². The van der Waals surface area contributed by atoms with Crippen LogP contribution in [-0.2, 0) is 16.6 Å². The van der Waals surface area contributed by atoms with Crippen molar-refractivity contribution in [1.29, 1.82) is 0 Å². The molecule has 0 radical (unpaired) electrons. The molecule has 4 nitrogen and oxygen atoms in total. The molecule has 20 heavy (non-hydrogen) atoms. The number of sulfonamides is 1. The van der Waals surface area contributed by atoms with Crippen LogP contribution in [0.5, 0.6) is 0 Å². The molecule has 0 saturated carbocycles. The number of nitrogens with two attached hydrogens (primary N) is 1. The number of benzene rings is 1. The highest BCUT2D eigenvalue weighted by molar-refractivity contribution is 7.89. The molecule has 1 saturated heterocycles. The second-order valence-electron chi connectivity index (χ2n) is 5.44. The lowest BCUT2D eigenvalue weighted by Gasteiger charge is -2.36. The molecule has 0 aromatic heterocycles. The minimum atomic E-state index is -3.54. The second kappa shape index (κ2) is 6.02. The van der Waals surface area contributed by atoms with Gasteiger partial charge in [0.15, 0.2) is 0 Å². The summed E-state index contributed by atoms with van der Waals surface area (Å²) < 4.78 is 27.1. The summed E-state index contributed by atoms with van der Waals surface area (Å²) in [6.45, 7) is 4.95. The predicted octanol–water partition coefficient (Wildman–Crippen LogP) is 2.61. The zero-order chi connectivity index (χ0) is 14.9. The van der Waals surface area contributed by atoms with Crippen molar-refractivity contribution in [2.24, 2.45) is 11.7 Å². The summed E-state index contributed by atoms with van der Waals surface area (Å²) in [4.78, 5) is 0.178. The van der Waals surface area contributed by atoms with E-state index in [-0.39, 0.29) is 16.0 Å². The first kappa shape index (κ1) is 15.8. The van der Waals surface area contributed by atoms with Crippen LogP contribution in [0.15, 0.2) is 23.1 Å². The van der Waals surface area contributed by atoms with Crippen molar-refractivity contribution < 1.29 is 8.42 Å². The van der Waals surface area contributed by atoms with Crippen LogP contribution < -0.4 is 5.73 Å². The molecule has 2 atom stereocenters. The van der Waals surface area contributed by atoms with Crippen molar-refractivity contribution in [3.63, 3.8) is 0 Å². The summed E-state index contributed by atoms with van der Waals surface area (Å²) in [6.07, 6.45) is 1.95. The largest absolute Gasteiger partial charge is 0.326 e. The fourth-order valence-electron chi connectivity index (χ4n) is 2.64.